The molecule has 0 aliphatic rings. The standard InChI is InChI=1S/C20H25ClN2O3S/c1-12(2)15(5)22-20(24)16-9-10-17(21)19(11-16)27(25,26)23-18-8-6-7-13(3)14(18)4/h6-12,15,23H,1-5H3,(H,22,24)/t15-/m1/s1. The van der Waals surface area contributed by atoms with Crippen LogP contribution in [0.5, 0.6) is 0 Å². The first kappa shape index (κ1) is 21.3. The van der Waals surface area contributed by atoms with E-state index in [9.17, 15) is 13.2 Å². The molecule has 2 rings (SSSR count). The van der Waals surface area contributed by atoms with Gasteiger partial charge in [0, 0.05) is 11.6 Å². The Morgan fingerprint density at radius 3 is 2.37 bits per heavy atom. The maximum atomic E-state index is 12.9. The van der Waals surface area contributed by atoms with Crippen molar-refractivity contribution in [3.63, 3.8) is 0 Å². The van der Waals surface area contributed by atoms with Gasteiger partial charge in [-0.25, -0.2) is 8.42 Å². The molecule has 0 spiro atoms. The zero-order valence-electron chi connectivity index (χ0n) is 16.1. The summed E-state index contributed by atoms with van der Waals surface area (Å²) in [5.74, 6) is -0.0773. The molecule has 0 aromatic heterocycles. The number of carbonyl (C=O) groups excluding carboxylic acids is 1. The van der Waals surface area contributed by atoms with E-state index in [-0.39, 0.29) is 33.3 Å². The van der Waals surface area contributed by atoms with Gasteiger partial charge in [-0.15, -0.1) is 0 Å². The Morgan fingerprint density at radius 1 is 1.07 bits per heavy atom. The van der Waals surface area contributed by atoms with E-state index in [2.05, 4.69) is 10.0 Å². The molecule has 2 N–H and O–H groups in total. The van der Waals surface area contributed by atoms with Crippen LogP contribution in [0.25, 0.3) is 0 Å². The minimum atomic E-state index is -3.95. The number of aryl methyl sites for hydroxylation is 1. The van der Waals surface area contributed by atoms with Gasteiger partial charge < -0.3 is 5.32 Å². The molecule has 2 aromatic rings. The number of rotatable bonds is 6. The molecule has 5 nitrogen and oxygen atoms in total. The summed E-state index contributed by atoms with van der Waals surface area (Å²) in [4.78, 5) is 12.3. The van der Waals surface area contributed by atoms with Crippen LogP contribution in [0.2, 0.25) is 5.02 Å². The molecule has 0 saturated carbocycles. The lowest BCUT2D eigenvalue weighted by Gasteiger charge is -2.18. The molecule has 0 aliphatic heterocycles. The smallest absolute Gasteiger partial charge is 0.263 e. The molecule has 0 saturated heterocycles. The van der Waals surface area contributed by atoms with Gasteiger partial charge in [-0.3, -0.25) is 9.52 Å². The topological polar surface area (TPSA) is 75.3 Å². The Kier molecular flexibility index (Phi) is 6.54. The summed E-state index contributed by atoms with van der Waals surface area (Å²) in [6, 6.07) is 9.57. The predicted molar refractivity (Wildman–Crippen MR) is 110 cm³/mol. The van der Waals surface area contributed by atoms with Crippen LogP contribution in [-0.4, -0.2) is 20.4 Å². The molecule has 0 unspecified atom stereocenters. The SMILES string of the molecule is Cc1cccc(NS(=O)(=O)c2cc(C(=O)N[C@H](C)C(C)C)ccc2Cl)c1C. The Labute approximate surface area is 166 Å². The summed E-state index contributed by atoms with van der Waals surface area (Å²) >= 11 is 6.13. The summed E-state index contributed by atoms with van der Waals surface area (Å²) in [7, 11) is -3.95. The summed E-state index contributed by atoms with van der Waals surface area (Å²) in [5, 5.41) is 2.92. The third-order valence-electron chi connectivity index (χ3n) is 4.69. The normalized spacial score (nSPS) is 12.7. The summed E-state index contributed by atoms with van der Waals surface area (Å²) in [6.07, 6.45) is 0. The molecule has 1 atom stereocenters. The van der Waals surface area contributed by atoms with Gasteiger partial charge in [0.1, 0.15) is 4.90 Å². The highest BCUT2D eigenvalue weighted by Gasteiger charge is 2.22. The molecule has 0 aliphatic carbocycles. The van der Waals surface area contributed by atoms with Crippen LogP contribution in [0, 0.1) is 19.8 Å². The molecule has 1 amide bonds. The fraction of sp³-hybridized carbons (Fsp3) is 0.350. The summed E-state index contributed by atoms with van der Waals surface area (Å²) in [5.41, 5.74) is 2.52. The van der Waals surface area contributed by atoms with Gasteiger partial charge in [0.2, 0.25) is 0 Å². The molecule has 0 heterocycles. The predicted octanol–water partition coefficient (Wildman–Crippen LogP) is 4.53. The van der Waals surface area contributed by atoms with Crippen LogP contribution >= 0.6 is 11.6 Å². The Hall–Kier alpha value is -2.05. The Balaban J connectivity index is 2.36. The quantitative estimate of drug-likeness (QED) is 0.737. The van der Waals surface area contributed by atoms with Gasteiger partial charge in [0.25, 0.3) is 15.9 Å². The van der Waals surface area contributed by atoms with Crippen LogP contribution in [-0.2, 0) is 10.0 Å². The van der Waals surface area contributed by atoms with E-state index in [0.29, 0.717) is 5.69 Å². The number of anilines is 1. The molecule has 0 radical (unpaired) electrons. The number of benzene rings is 2. The zero-order chi connectivity index (χ0) is 20.4. The van der Waals surface area contributed by atoms with Crippen molar-refractivity contribution < 1.29 is 13.2 Å². The van der Waals surface area contributed by atoms with Gasteiger partial charge in [0.05, 0.1) is 10.7 Å². The second kappa shape index (κ2) is 8.31. The van der Waals surface area contributed by atoms with E-state index >= 15 is 0 Å². The highest BCUT2D eigenvalue weighted by molar-refractivity contribution is 7.92. The van der Waals surface area contributed by atoms with Gasteiger partial charge in [-0.05, 0) is 62.1 Å². The molecule has 0 fully saturated rings. The molecular formula is C20H25ClN2O3S. The first-order valence-electron chi connectivity index (χ1n) is 8.72. The average molecular weight is 409 g/mol. The lowest BCUT2D eigenvalue weighted by atomic mass is 10.1. The second-order valence-electron chi connectivity index (χ2n) is 7.00. The van der Waals surface area contributed by atoms with Crippen molar-refractivity contribution in [2.75, 3.05) is 4.72 Å². The van der Waals surface area contributed by atoms with Crippen LogP contribution in [0.15, 0.2) is 41.3 Å². The van der Waals surface area contributed by atoms with Crippen molar-refractivity contribution in [1.82, 2.24) is 5.32 Å². The molecular weight excluding hydrogens is 384 g/mol. The summed E-state index contributed by atoms with van der Waals surface area (Å²) in [6.45, 7) is 9.64. The zero-order valence-corrected chi connectivity index (χ0v) is 17.7. The largest absolute Gasteiger partial charge is 0.349 e. The summed E-state index contributed by atoms with van der Waals surface area (Å²) < 4.78 is 28.3. The van der Waals surface area contributed by atoms with Crippen molar-refractivity contribution in [2.45, 2.75) is 45.6 Å². The third-order valence-corrected chi connectivity index (χ3v) is 6.54. The monoisotopic (exact) mass is 408 g/mol. The van der Waals surface area contributed by atoms with E-state index in [4.69, 9.17) is 11.6 Å². The van der Waals surface area contributed by atoms with E-state index in [1.807, 2.05) is 40.7 Å². The van der Waals surface area contributed by atoms with Gasteiger partial charge >= 0.3 is 0 Å². The van der Waals surface area contributed by atoms with Crippen molar-refractivity contribution in [2.24, 2.45) is 5.92 Å². The Morgan fingerprint density at radius 2 is 1.74 bits per heavy atom. The average Bonchev–Trinajstić information content (AvgIpc) is 2.58. The minimum Gasteiger partial charge on any atom is -0.349 e. The maximum absolute atomic E-state index is 12.9. The lowest BCUT2D eigenvalue weighted by Crippen LogP contribution is -2.36. The van der Waals surface area contributed by atoms with Crippen LogP contribution in [0.4, 0.5) is 5.69 Å². The fourth-order valence-corrected chi connectivity index (χ4v) is 4.02. The highest BCUT2D eigenvalue weighted by Crippen LogP contribution is 2.27. The first-order chi connectivity index (χ1) is 12.5. The molecule has 0 bridgehead atoms. The van der Waals surface area contributed by atoms with Crippen LogP contribution in [0.1, 0.15) is 42.3 Å². The van der Waals surface area contributed by atoms with Gasteiger partial charge in [-0.2, -0.15) is 0 Å². The molecule has 146 valence electrons. The maximum Gasteiger partial charge on any atom is 0.263 e. The van der Waals surface area contributed by atoms with E-state index in [0.717, 1.165) is 11.1 Å². The molecule has 7 heteroatoms. The van der Waals surface area contributed by atoms with E-state index in [1.54, 1.807) is 12.1 Å². The third kappa shape index (κ3) is 5.02. The van der Waals surface area contributed by atoms with Crippen molar-refractivity contribution in [3.8, 4) is 0 Å². The van der Waals surface area contributed by atoms with E-state index in [1.165, 1.54) is 18.2 Å². The van der Waals surface area contributed by atoms with Crippen molar-refractivity contribution >= 4 is 33.2 Å². The van der Waals surface area contributed by atoms with Gasteiger partial charge in [-0.1, -0.05) is 37.6 Å². The van der Waals surface area contributed by atoms with Crippen LogP contribution < -0.4 is 10.0 Å². The Bertz CT molecular complexity index is 956. The number of amides is 1. The van der Waals surface area contributed by atoms with Gasteiger partial charge in [0.15, 0.2) is 0 Å². The number of sulfonamides is 1. The number of nitrogens with one attached hydrogen (secondary N) is 2. The lowest BCUT2D eigenvalue weighted by molar-refractivity contribution is 0.0930. The van der Waals surface area contributed by atoms with Crippen LogP contribution in [0.3, 0.4) is 0 Å². The highest BCUT2D eigenvalue weighted by atomic mass is 35.5. The number of hydrogen-bond acceptors (Lipinski definition) is 3. The number of halogens is 1. The molecule has 27 heavy (non-hydrogen) atoms. The van der Waals surface area contributed by atoms with Crippen molar-refractivity contribution in [1.29, 1.82) is 0 Å². The first-order valence-corrected chi connectivity index (χ1v) is 10.6. The van der Waals surface area contributed by atoms with Crippen molar-refractivity contribution in [3.05, 3.63) is 58.1 Å². The number of hydrogen-bond donors (Lipinski definition) is 2. The van der Waals surface area contributed by atoms with E-state index < -0.39 is 10.0 Å². The molecule has 2 aromatic carbocycles. The second-order valence-corrected chi connectivity index (χ2v) is 9.06. The minimum absolute atomic E-state index is 0.0405. The fourth-order valence-electron chi connectivity index (χ4n) is 2.37. The number of carbonyl (C=O) groups is 1.